The molecule has 0 saturated heterocycles. The molecule has 0 aliphatic carbocycles. The van der Waals surface area contributed by atoms with Crippen molar-refractivity contribution in [1.82, 2.24) is 31.1 Å². The number of unbranched alkanes of at least 4 members (excludes halogenated alkanes) is 6. The molecule has 0 fully saturated rings. The van der Waals surface area contributed by atoms with Crippen LogP contribution < -0.4 is 21.3 Å². The third-order valence-corrected chi connectivity index (χ3v) is 7.42. The normalized spacial score (nSPS) is 10.5. The maximum atomic E-state index is 12.1. The molecule has 0 spiro atoms. The number of rotatable bonds is 25. The Labute approximate surface area is 288 Å². The van der Waals surface area contributed by atoms with Crippen molar-refractivity contribution in [3.63, 3.8) is 0 Å². The van der Waals surface area contributed by atoms with Crippen LogP contribution in [-0.4, -0.2) is 105 Å². The summed E-state index contributed by atoms with van der Waals surface area (Å²) >= 11 is 5.25. The number of carbonyl (C=O) groups is 5. The summed E-state index contributed by atoms with van der Waals surface area (Å²) < 4.78 is 0. The molecule has 270 valence electrons. The SMILES string of the molecule is CC(=O)N(O)CCCCCNC(=O)CCC(=O)N(O)CCCCCNC(=O)CCC(=O)N(O)CCCCCNC(=S)Nc1ccccc1. The first kappa shape index (κ1) is 42.2. The van der Waals surface area contributed by atoms with Gasteiger partial charge in [0.15, 0.2) is 5.11 Å². The number of thiocarbonyl (C=S) groups is 1. The maximum absolute atomic E-state index is 12.1. The highest BCUT2D eigenvalue weighted by Gasteiger charge is 2.14. The molecule has 1 aromatic rings. The Kier molecular flexibility index (Phi) is 23.0. The number of nitrogens with one attached hydrogen (secondary N) is 4. The summed E-state index contributed by atoms with van der Waals surface area (Å²) in [6, 6.07) is 9.59. The average molecular weight is 696 g/mol. The van der Waals surface area contributed by atoms with E-state index in [9.17, 15) is 39.6 Å². The Morgan fingerprint density at radius 1 is 0.583 bits per heavy atom. The summed E-state index contributed by atoms with van der Waals surface area (Å²) in [7, 11) is 0. The van der Waals surface area contributed by atoms with E-state index in [1.807, 2.05) is 30.3 Å². The van der Waals surface area contributed by atoms with Crippen LogP contribution in [-0.2, 0) is 24.0 Å². The molecule has 0 bridgehead atoms. The van der Waals surface area contributed by atoms with Crippen molar-refractivity contribution in [2.24, 2.45) is 0 Å². The Hall–Kier alpha value is -3.86. The molecule has 5 amide bonds. The van der Waals surface area contributed by atoms with E-state index >= 15 is 0 Å². The van der Waals surface area contributed by atoms with Crippen molar-refractivity contribution in [2.45, 2.75) is 90.4 Å². The van der Waals surface area contributed by atoms with E-state index in [1.54, 1.807) is 0 Å². The Bertz CT molecular complexity index is 1130. The van der Waals surface area contributed by atoms with Crippen LogP contribution in [0.4, 0.5) is 5.69 Å². The van der Waals surface area contributed by atoms with Gasteiger partial charge in [-0.3, -0.25) is 39.6 Å². The molecule has 0 atom stereocenters. The molecule has 7 N–H and O–H groups in total. The van der Waals surface area contributed by atoms with Crippen LogP contribution in [0, 0.1) is 0 Å². The second kappa shape index (κ2) is 26.1. The molecule has 0 radical (unpaired) electrons. The van der Waals surface area contributed by atoms with Gasteiger partial charge >= 0.3 is 0 Å². The second-order valence-corrected chi connectivity index (χ2v) is 11.7. The highest BCUT2D eigenvalue weighted by molar-refractivity contribution is 7.80. The summed E-state index contributed by atoms with van der Waals surface area (Å²) in [5.74, 6) is -2.09. The lowest BCUT2D eigenvalue weighted by molar-refractivity contribution is -0.166. The summed E-state index contributed by atoms with van der Waals surface area (Å²) in [6.07, 6.45) is 5.63. The molecule has 0 unspecified atom stereocenters. The lowest BCUT2D eigenvalue weighted by Gasteiger charge is -2.15. The molecule has 0 saturated carbocycles. The first-order valence-corrected chi connectivity index (χ1v) is 17.0. The van der Waals surface area contributed by atoms with E-state index in [0.29, 0.717) is 84.9 Å². The van der Waals surface area contributed by atoms with Crippen molar-refractivity contribution in [3.05, 3.63) is 30.3 Å². The van der Waals surface area contributed by atoms with Crippen LogP contribution in [0.3, 0.4) is 0 Å². The fourth-order valence-electron chi connectivity index (χ4n) is 4.33. The fourth-order valence-corrected chi connectivity index (χ4v) is 4.55. The van der Waals surface area contributed by atoms with Crippen LogP contribution in [0.2, 0.25) is 0 Å². The van der Waals surface area contributed by atoms with Crippen molar-refractivity contribution in [3.8, 4) is 0 Å². The molecule has 0 heterocycles. The number of para-hydroxylation sites is 1. The van der Waals surface area contributed by atoms with Gasteiger partial charge in [-0.25, -0.2) is 15.2 Å². The van der Waals surface area contributed by atoms with Crippen molar-refractivity contribution in [1.29, 1.82) is 0 Å². The molecule has 48 heavy (non-hydrogen) atoms. The summed E-state index contributed by atoms with van der Waals surface area (Å²) in [6.45, 7) is 3.25. The summed E-state index contributed by atoms with van der Waals surface area (Å²) in [5, 5.41) is 43.2. The minimum atomic E-state index is -0.554. The molecule has 16 heteroatoms. The predicted molar refractivity (Wildman–Crippen MR) is 183 cm³/mol. The topological polar surface area (TPSA) is 204 Å². The number of carbonyl (C=O) groups excluding carboxylic acids is 5. The van der Waals surface area contributed by atoms with Crippen LogP contribution in [0.5, 0.6) is 0 Å². The van der Waals surface area contributed by atoms with Crippen molar-refractivity contribution < 1.29 is 39.6 Å². The molecule has 0 aliphatic heterocycles. The van der Waals surface area contributed by atoms with Crippen LogP contribution >= 0.6 is 12.2 Å². The van der Waals surface area contributed by atoms with Crippen molar-refractivity contribution in [2.75, 3.05) is 44.6 Å². The lowest BCUT2D eigenvalue weighted by atomic mass is 10.2. The third kappa shape index (κ3) is 21.8. The van der Waals surface area contributed by atoms with Gasteiger partial charge in [0.2, 0.25) is 29.5 Å². The number of hydrogen-bond acceptors (Lipinski definition) is 9. The number of amides is 5. The van der Waals surface area contributed by atoms with Crippen LogP contribution in [0.15, 0.2) is 30.3 Å². The van der Waals surface area contributed by atoms with Crippen LogP contribution in [0.1, 0.15) is 90.4 Å². The number of anilines is 1. The zero-order valence-corrected chi connectivity index (χ0v) is 28.8. The minimum Gasteiger partial charge on any atom is -0.362 e. The van der Waals surface area contributed by atoms with Gasteiger partial charge in [0.05, 0.1) is 0 Å². The monoisotopic (exact) mass is 695 g/mol. The van der Waals surface area contributed by atoms with Crippen molar-refractivity contribution >= 4 is 52.6 Å². The molecular formula is C32H53N7O8S. The Balaban J connectivity index is 1.99. The number of nitrogens with zero attached hydrogens (tertiary/aromatic N) is 3. The second-order valence-electron chi connectivity index (χ2n) is 11.3. The van der Waals surface area contributed by atoms with Gasteiger partial charge in [-0.15, -0.1) is 0 Å². The van der Waals surface area contributed by atoms with Gasteiger partial charge in [0.25, 0.3) is 0 Å². The van der Waals surface area contributed by atoms with E-state index < -0.39 is 17.7 Å². The van der Waals surface area contributed by atoms with E-state index in [-0.39, 0.29) is 57.1 Å². The van der Waals surface area contributed by atoms with Gasteiger partial charge in [0, 0.05) is 77.6 Å². The minimum absolute atomic E-state index is 0.0399. The van der Waals surface area contributed by atoms with Crippen LogP contribution in [0.25, 0.3) is 0 Å². The zero-order valence-electron chi connectivity index (χ0n) is 28.0. The number of benzene rings is 1. The molecular weight excluding hydrogens is 642 g/mol. The standard InChI is InChI=1S/C32H53N7O8S/c1-26(40)37(45)23-11-3-8-20-33-28(41)16-18-30(43)38(46)24-12-4-9-21-34-29(42)17-19-31(44)39(47)25-13-5-10-22-35-32(48)36-27-14-6-2-7-15-27/h2,6-7,14-15,45-47H,3-5,8-13,16-25H2,1H3,(H,33,41)(H,34,42)(H2,35,36,48). The lowest BCUT2D eigenvalue weighted by Crippen LogP contribution is -2.31. The molecule has 0 aromatic heterocycles. The Morgan fingerprint density at radius 2 is 1.00 bits per heavy atom. The third-order valence-electron chi connectivity index (χ3n) is 7.17. The molecule has 0 aliphatic rings. The highest BCUT2D eigenvalue weighted by Crippen LogP contribution is 2.06. The number of hydrogen-bond donors (Lipinski definition) is 7. The first-order chi connectivity index (χ1) is 23.0. The molecule has 15 nitrogen and oxygen atoms in total. The van der Waals surface area contributed by atoms with E-state index in [0.717, 1.165) is 18.5 Å². The Morgan fingerprint density at radius 3 is 1.44 bits per heavy atom. The molecule has 1 aromatic carbocycles. The summed E-state index contributed by atoms with van der Waals surface area (Å²) in [4.78, 5) is 59.1. The number of hydroxylamine groups is 6. The van der Waals surface area contributed by atoms with Gasteiger partial charge in [-0.05, 0) is 82.1 Å². The fraction of sp³-hybridized carbons (Fsp3) is 0.625. The highest BCUT2D eigenvalue weighted by atomic mass is 32.1. The smallest absolute Gasteiger partial charge is 0.246 e. The van der Waals surface area contributed by atoms with Gasteiger partial charge in [-0.1, -0.05) is 18.2 Å². The zero-order chi connectivity index (χ0) is 35.6. The van der Waals surface area contributed by atoms with E-state index in [2.05, 4.69) is 21.3 Å². The largest absolute Gasteiger partial charge is 0.362 e. The van der Waals surface area contributed by atoms with E-state index in [1.165, 1.54) is 6.92 Å². The van der Waals surface area contributed by atoms with Gasteiger partial charge in [0.1, 0.15) is 0 Å². The van der Waals surface area contributed by atoms with Gasteiger partial charge in [-0.2, -0.15) is 0 Å². The quantitative estimate of drug-likeness (QED) is 0.0343. The summed E-state index contributed by atoms with van der Waals surface area (Å²) in [5.41, 5.74) is 0.904. The average Bonchev–Trinajstić information content (AvgIpc) is 3.07. The predicted octanol–water partition coefficient (Wildman–Crippen LogP) is 2.95. The maximum Gasteiger partial charge on any atom is 0.246 e. The first-order valence-electron chi connectivity index (χ1n) is 16.6. The van der Waals surface area contributed by atoms with Gasteiger partial charge < -0.3 is 21.3 Å². The van der Waals surface area contributed by atoms with E-state index in [4.69, 9.17) is 12.2 Å². The molecule has 1 rings (SSSR count).